The molecule has 2 aliphatic rings. The Morgan fingerprint density at radius 2 is 1.88 bits per heavy atom. The van der Waals surface area contributed by atoms with Crippen LogP contribution in [0.4, 0.5) is 0 Å². The van der Waals surface area contributed by atoms with Gasteiger partial charge >= 0.3 is 0 Å². The third-order valence-electron chi connectivity index (χ3n) is 5.99. The number of Topliss-reactive ketones (excluding diaryl/α,β-unsaturated/α-hetero) is 1. The van der Waals surface area contributed by atoms with Crippen molar-refractivity contribution in [2.75, 3.05) is 6.61 Å². The van der Waals surface area contributed by atoms with Gasteiger partial charge in [-0.2, -0.15) is 5.26 Å². The van der Waals surface area contributed by atoms with E-state index in [4.69, 9.17) is 15.2 Å². The van der Waals surface area contributed by atoms with Crippen molar-refractivity contribution in [3.05, 3.63) is 88.5 Å². The molecule has 0 saturated carbocycles. The van der Waals surface area contributed by atoms with Crippen LogP contribution in [0.3, 0.4) is 0 Å². The summed E-state index contributed by atoms with van der Waals surface area (Å²) in [4.78, 5) is 25.1. The Bertz CT molecular complexity index is 1200. The molecular formula is C27H27N3O4. The van der Waals surface area contributed by atoms with Crippen LogP contribution in [0.1, 0.15) is 43.7 Å². The van der Waals surface area contributed by atoms with Gasteiger partial charge in [-0.25, -0.2) is 0 Å². The number of nitrogens with one attached hydrogen (secondary N) is 1. The molecule has 3 N–H and O–H groups in total. The summed E-state index contributed by atoms with van der Waals surface area (Å²) in [6.07, 6.45) is 0.951. The Labute approximate surface area is 198 Å². The number of ketones is 1. The van der Waals surface area contributed by atoms with Crippen LogP contribution < -0.4 is 15.8 Å². The van der Waals surface area contributed by atoms with E-state index < -0.39 is 5.92 Å². The topological polar surface area (TPSA) is 114 Å². The molecule has 0 spiro atoms. The average molecular weight is 458 g/mol. The monoisotopic (exact) mass is 457 g/mol. The molecule has 174 valence electrons. The lowest BCUT2D eigenvalue weighted by atomic mass is 9.70. The van der Waals surface area contributed by atoms with Gasteiger partial charge in [-0.3, -0.25) is 9.59 Å². The standard InChI is InChI=1S/C27H27N3O4/c1-27(2)12-21(31)25-22(13-27)34-26(29)20(14-28)24(25)18-8-10-19(11-9-18)33-16-23(32)30-15-17-6-4-3-5-7-17/h3-11,24H,12-13,15-16,29H2,1-2H3,(H,30,32). The van der Waals surface area contributed by atoms with Crippen molar-refractivity contribution in [1.82, 2.24) is 5.32 Å². The summed E-state index contributed by atoms with van der Waals surface area (Å²) >= 11 is 0. The summed E-state index contributed by atoms with van der Waals surface area (Å²) in [5.41, 5.74) is 8.30. The average Bonchev–Trinajstić information content (AvgIpc) is 2.81. The van der Waals surface area contributed by atoms with Crippen molar-refractivity contribution in [1.29, 1.82) is 5.26 Å². The molecule has 1 aliphatic carbocycles. The Morgan fingerprint density at radius 1 is 1.18 bits per heavy atom. The molecule has 0 saturated heterocycles. The van der Waals surface area contributed by atoms with Crippen LogP contribution in [-0.4, -0.2) is 18.3 Å². The fourth-order valence-electron chi connectivity index (χ4n) is 4.37. The third kappa shape index (κ3) is 4.96. The first-order chi connectivity index (χ1) is 16.3. The summed E-state index contributed by atoms with van der Waals surface area (Å²) in [7, 11) is 0. The van der Waals surface area contributed by atoms with Crippen molar-refractivity contribution in [2.45, 2.75) is 39.2 Å². The molecule has 4 rings (SSSR count). The van der Waals surface area contributed by atoms with E-state index in [1.54, 1.807) is 24.3 Å². The molecule has 7 heteroatoms. The number of ether oxygens (including phenoxy) is 2. The Hall–Kier alpha value is -4.05. The van der Waals surface area contributed by atoms with Gasteiger partial charge in [-0.1, -0.05) is 56.3 Å². The number of carbonyl (C=O) groups is 2. The van der Waals surface area contributed by atoms with E-state index in [-0.39, 0.29) is 35.2 Å². The smallest absolute Gasteiger partial charge is 0.258 e. The maximum absolute atomic E-state index is 13.0. The summed E-state index contributed by atoms with van der Waals surface area (Å²) in [5.74, 6) is 0.231. The second kappa shape index (κ2) is 9.44. The first-order valence-electron chi connectivity index (χ1n) is 11.1. The summed E-state index contributed by atoms with van der Waals surface area (Å²) < 4.78 is 11.3. The molecule has 1 heterocycles. The number of nitrogens with zero attached hydrogens (tertiary/aromatic N) is 1. The summed E-state index contributed by atoms with van der Waals surface area (Å²) in [6, 6.07) is 18.8. The van der Waals surface area contributed by atoms with Crippen LogP contribution >= 0.6 is 0 Å². The van der Waals surface area contributed by atoms with Crippen LogP contribution in [0.15, 0.2) is 77.4 Å². The minimum absolute atomic E-state index is 0.0344. The zero-order chi connectivity index (χ0) is 24.3. The van der Waals surface area contributed by atoms with E-state index >= 15 is 0 Å². The fraction of sp³-hybridized carbons (Fsp3) is 0.296. The van der Waals surface area contributed by atoms with E-state index in [0.717, 1.165) is 11.1 Å². The Balaban J connectivity index is 1.47. The molecule has 0 radical (unpaired) electrons. The van der Waals surface area contributed by atoms with Crippen molar-refractivity contribution >= 4 is 11.7 Å². The van der Waals surface area contributed by atoms with Gasteiger partial charge in [0.15, 0.2) is 12.4 Å². The fourth-order valence-corrected chi connectivity index (χ4v) is 4.37. The predicted molar refractivity (Wildman–Crippen MR) is 126 cm³/mol. The highest BCUT2D eigenvalue weighted by atomic mass is 16.5. The predicted octanol–water partition coefficient (Wildman–Crippen LogP) is 3.83. The summed E-state index contributed by atoms with van der Waals surface area (Å²) in [6.45, 7) is 4.32. The molecule has 0 bridgehead atoms. The Kier molecular flexibility index (Phi) is 6.42. The molecular weight excluding hydrogens is 430 g/mol. The lowest BCUT2D eigenvalue weighted by Gasteiger charge is -2.37. The van der Waals surface area contributed by atoms with Crippen LogP contribution in [0.2, 0.25) is 0 Å². The number of carbonyl (C=O) groups excluding carboxylic acids is 2. The largest absolute Gasteiger partial charge is 0.484 e. The van der Waals surface area contributed by atoms with Gasteiger partial charge in [0.1, 0.15) is 23.2 Å². The second-order valence-electron chi connectivity index (χ2n) is 9.32. The number of hydrogen-bond donors (Lipinski definition) is 2. The quantitative estimate of drug-likeness (QED) is 0.681. The number of amides is 1. The number of rotatable bonds is 6. The lowest BCUT2D eigenvalue weighted by molar-refractivity contribution is -0.123. The highest BCUT2D eigenvalue weighted by Crippen LogP contribution is 2.47. The first-order valence-corrected chi connectivity index (χ1v) is 11.1. The molecule has 0 fully saturated rings. The van der Waals surface area contributed by atoms with Crippen molar-refractivity contribution < 1.29 is 19.1 Å². The highest BCUT2D eigenvalue weighted by molar-refractivity contribution is 6.00. The van der Waals surface area contributed by atoms with Crippen molar-refractivity contribution in [2.24, 2.45) is 11.1 Å². The van der Waals surface area contributed by atoms with Crippen LogP contribution in [-0.2, 0) is 20.9 Å². The zero-order valence-corrected chi connectivity index (χ0v) is 19.3. The molecule has 34 heavy (non-hydrogen) atoms. The molecule has 0 aromatic heterocycles. The van der Waals surface area contributed by atoms with Crippen molar-refractivity contribution in [3.63, 3.8) is 0 Å². The maximum atomic E-state index is 13.0. The van der Waals surface area contributed by atoms with Gasteiger partial charge in [0.25, 0.3) is 5.91 Å². The van der Waals surface area contributed by atoms with E-state index in [2.05, 4.69) is 11.4 Å². The minimum Gasteiger partial charge on any atom is -0.484 e. The molecule has 1 aliphatic heterocycles. The third-order valence-corrected chi connectivity index (χ3v) is 5.99. The van der Waals surface area contributed by atoms with Crippen molar-refractivity contribution in [3.8, 4) is 11.8 Å². The number of allylic oxidation sites excluding steroid dienone is 3. The van der Waals surface area contributed by atoms with Crippen LogP contribution in [0, 0.1) is 16.7 Å². The SMILES string of the molecule is CC1(C)CC(=O)C2=C(C1)OC(N)=C(C#N)C2c1ccc(OCC(=O)NCc2ccccc2)cc1. The zero-order valence-electron chi connectivity index (χ0n) is 19.3. The number of nitrogens with two attached hydrogens (primary N) is 1. The molecule has 7 nitrogen and oxygen atoms in total. The van der Waals surface area contributed by atoms with Gasteiger partial charge in [-0.05, 0) is 28.7 Å². The van der Waals surface area contributed by atoms with E-state index in [0.29, 0.717) is 36.5 Å². The van der Waals surface area contributed by atoms with Gasteiger partial charge in [0, 0.05) is 25.0 Å². The Morgan fingerprint density at radius 3 is 2.56 bits per heavy atom. The van der Waals surface area contributed by atoms with Gasteiger partial charge < -0.3 is 20.5 Å². The number of benzene rings is 2. The lowest BCUT2D eigenvalue weighted by Crippen LogP contribution is -2.33. The van der Waals surface area contributed by atoms with Gasteiger partial charge in [0.05, 0.1) is 5.92 Å². The van der Waals surface area contributed by atoms with Crippen LogP contribution in [0.25, 0.3) is 0 Å². The number of hydrogen-bond acceptors (Lipinski definition) is 6. The van der Waals surface area contributed by atoms with E-state index in [9.17, 15) is 14.9 Å². The maximum Gasteiger partial charge on any atom is 0.258 e. The number of nitriles is 1. The first kappa shape index (κ1) is 23.1. The van der Waals surface area contributed by atoms with Gasteiger partial charge in [-0.15, -0.1) is 0 Å². The van der Waals surface area contributed by atoms with E-state index in [1.807, 2.05) is 44.2 Å². The minimum atomic E-state index is -0.583. The van der Waals surface area contributed by atoms with Gasteiger partial charge in [0.2, 0.25) is 5.88 Å². The second-order valence-corrected chi connectivity index (χ2v) is 9.32. The molecule has 1 unspecified atom stereocenters. The van der Waals surface area contributed by atoms with Crippen LogP contribution in [0.5, 0.6) is 5.75 Å². The molecule has 2 aromatic rings. The van der Waals surface area contributed by atoms with E-state index in [1.165, 1.54) is 0 Å². The molecule has 1 atom stereocenters. The highest BCUT2D eigenvalue weighted by Gasteiger charge is 2.42. The molecule has 1 amide bonds. The molecule has 2 aromatic carbocycles. The normalized spacial score (nSPS) is 19.1. The summed E-state index contributed by atoms with van der Waals surface area (Å²) in [5, 5.41) is 12.5.